The lowest BCUT2D eigenvalue weighted by molar-refractivity contribution is -0.127. The summed E-state index contributed by atoms with van der Waals surface area (Å²) < 4.78 is 10.8. The van der Waals surface area contributed by atoms with Gasteiger partial charge in [-0.25, -0.2) is 5.43 Å². The highest BCUT2D eigenvalue weighted by molar-refractivity contribution is 6.30. The van der Waals surface area contributed by atoms with Gasteiger partial charge >= 0.3 is 0 Å². The average Bonchev–Trinajstić information content (AvgIpc) is 2.84. The number of benzene rings is 1. The molecule has 5 nitrogen and oxygen atoms in total. The van der Waals surface area contributed by atoms with E-state index in [1.54, 1.807) is 37.3 Å². The maximum atomic E-state index is 11.8. The van der Waals surface area contributed by atoms with Crippen molar-refractivity contribution in [2.75, 3.05) is 0 Å². The summed E-state index contributed by atoms with van der Waals surface area (Å²) in [4.78, 5) is 11.8. The molecule has 0 bridgehead atoms. The number of halogens is 1. The van der Waals surface area contributed by atoms with Gasteiger partial charge in [0.1, 0.15) is 17.3 Å². The van der Waals surface area contributed by atoms with Gasteiger partial charge in [-0.2, -0.15) is 5.10 Å². The first-order chi connectivity index (χ1) is 10.0. The van der Waals surface area contributed by atoms with E-state index >= 15 is 0 Å². The van der Waals surface area contributed by atoms with Gasteiger partial charge in [0, 0.05) is 5.02 Å². The molecule has 2 aromatic rings. The SMILES string of the molecule is Cc1ccc(/C=N/NC(=O)C(C)Oc2cccc(Cl)c2)o1. The minimum absolute atomic E-state index is 0.366. The highest BCUT2D eigenvalue weighted by atomic mass is 35.5. The molecule has 2 rings (SSSR count). The second-order valence-electron chi connectivity index (χ2n) is 4.40. The molecular formula is C15H15ClN2O3. The van der Waals surface area contributed by atoms with Crippen molar-refractivity contribution in [2.45, 2.75) is 20.0 Å². The Balaban J connectivity index is 1.86. The largest absolute Gasteiger partial charge is 0.481 e. The average molecular weight is 307 g/mol. The van der Waals surface area contributed by atoms with Crippen LogP contribution in [0.15, 0.2) is 45.9 Å². The number of hydrazone groups is 1. The number of nitrogens with zero attached hydrogens (tertiary/aromatic N) is 1. The number of furan rings is 1. The zero-order valence-electron chi connectivity index (χ0n) is 11.7. The van der Waals surface area contributed by atoms with E-state index in [1.807, 2.05) is 13.0 Å². The molecule has 110 valence electrons. The summed E-state index contributed by atoms with van der Waals surface area (Å²) in [5, 5.41) is 4.36. The summed E-state index contributed by atoms with van der Waals surface area (Å²) in [6.07, 6.45) is 0.732. The minimum atomic E-state index is -0.695. The Morgan fingerprint density at radius 1 is 1.43 bits per heavy atom. The van der Waals surface area contributed by atoms with Crippen LogP contribution in [0.5, 0.6) is 5.75 Å². The molecule has 1 unspecified atom stereocenters. The Kier molecular flexibility index (Phi) is 5.00. The van der Waals surface area contributed by atoms with Crippen LogP contribution in [0, 0.1) is 6.92 Å². The van der Waals surface area contributed by atoms with Crippen LogP contribution in [-0.2, 0) is 4.79 Å². The molecule has 6 heteroatoms. The number of nitrogens with one attached hydrogen (secondary N) is 1. The normalized spacial score (nSPS) is 12.3. The fraction of sp³-hybridized carbons (Fsp3) is 0.200. The second-order valence-corrected chi connectivity index (χ2v) is 4.84. The minimum Gasteiger partial charge on any atom is -0.481 e. The predicted octanol–water partition coefficient (Wildman–Crippen LogP) is 3.16. The van der Waals surface area contributed by atoms with Gasteiger partial charge in [0.15, 0.2) is 6.10 Å². The number of carbonyl (C=O) groups is 1. The van der Waals surface area contributed by atoms with Crippen molar-refractivity contribution in [3.63, 3.8) is 0 Å². The molecule has 0 aliphatic heterocycles. The summed E-state index contributed by atoms with van der Waals surface area (Å²) in [7, 11) is 0. The summed E-state index contributed by atoms with van der Waals surface area (Å²) in [6.45, 7) is 3.46. The number of amides is 1. The molecule has 1 N–H and O–H groups in total. The van der Waals surface area contributed by atoms with Crippen LogP contribution < -0.4 is 10.2 Å². The Hall–Kier alpha value is -2.27. The highest BCUT2D eigenvalue weighted by Crippen LogP contribution is 2.18. The van der Waals surface area contributed by atoms with Gasteiger partial charge in [-0.05, 0) is 44.2 Å². The van der Waals surface area contributed by atoms with Crippen LogP contribution in [0.2, 0.25) is 5.02 Å². The van der Waals surface area contributed by atoms with Crippen molar-refractivity contribution in [1.29, 1.82) is 0 Å². The van der Waals surface area contributed by atoms with Crippen LogP contribution >= 0.6 is 11.6 Å². The van der Waals surface area contributed by atoms with E-state index in [9.17, 15) is 4.79 Å². The van der Waals surface area contributed by atoms with Gasteiger partial charge in [0.2, 0.25) is 0 Å². The molecule has 21 heavy (non-hydrogen) atoms. The third-order valence-electron chi connectivity index (χ3n) is 2.61. The van der Waals surface area contributed by atoms with Crippen LogP contribution in [0.1, 0.15) is 18.4 Å². The third kappa shape index (κ3) is 4.65. The zero-order chi connectivity index (χ0) is 15.2. The summed E-state index contributed by atoms with van der Waals surface area (Å²) in [6, 6.07) is 10.4. The summed E-state index contributed by atoms with van der Waals surface area (Å²) in [5.41, 5.74) is 2.39. The molecule has 1 aromatic heterocycles. The first-order valence-corrected chi connectivity index (χ1v) is 6.74. The molecule has 1 heterocycles. The fourth-order valence-corrected chi connectivity index (χ4v) is 1.75. The lowest BCUT2D eigenvalue weighted by atomic mass is 10.3. The Labute approximate surface area is 127 Å². The van der Waals surface area contributed by atoms with Gasteiger partial charge in [-0.15, -0.1) is 0 Å². The molecular weight excluding hydrogens is 292 g/mol. The highest BCUT2D eigenvalue weighted by Gasteiger charge is 2.13. The first-order valence-electron chi connectivity index (χ1n) is 6.36. The summed E-state index contributed by atoms with van der Waals surface area (Å²) in [5.74, 6) is 1.50. The van der Waals surface area contributed by atoms with Gasteiger partial charge in [0.25, 0.3) is 5.91 Å². The third-order valence-corrected chi connectivity index (χ3v) is 2.84. The Morgan fingerprint density at radius 3 is 2.90 bits per heavy atom. The van der Waals surface area contributed by atoms with E-state index in [4.69, 9.17) is 20.8 Å². The van der Waals surface area contributed by atoms with Gasteiger partial charge in [-0.1, -0.05) is 17.7 Å². The van der Waals surface area contributed by atoms with Crippen molar-refractivity contribution < 1.29 is 13.9 Å². The van der Waals surface area contributed by atoms with Gasteiger partial charge in [0.05, 0.1) is 6.21 Å². The lowest BCUT2D eigenvalue weighted by Gasteiger charge is -2.12. The smallest absolute Gasteiger partial charge is 0.280 e. The maximum Gasteiger partial charge on any atom is 0.280 e. The topological polar surface area (TPSA) is 63.8 Å². The number of carbonyl (C=O) groups excluding carboxylic acids is 1. The lowest BCUT2D eigenvalue weighted by Crippen LogP contribution is -2.33. The van der Waals surface area contributed by atoms with Gasteiger partial charge < -0.3 is 9.15 Å². The molecule has 0 saturated carbocycles. The van der Waals surface area contributed by atoms with Gasteiger partial charge in [-0.3, -0.25) is 4.79 Å². The Morgan fingerprint density at radius 2 is 2.24 bits per heavy atom. The van der Waals surface area contributed by atoms with Crippen molar-refractivity contribution in [3.8, 4) is 5.75 Å². The monoisotopic (exact) mass is 306 g/mol. The maximum absolute atomic E-state index is 11.8. The van der Waals surface area contributed by atoms with Crippen molar-refractivity contribution >= 4 is 23.7 Å². The van der Waals surface area contributed by atoms with Crippen LogP contribution in [0.25, 0.3) is 0 Å². The molecule has 0 spiro atoms. The molecule has 0 aliphatic rings. The van der Waals surface area contributed by atoms with Crippen LogP contribution in [0.3, 0.4) is 0 Å². The number of ether oxygens (including phenoxy) is 1. The summed E-state index contributed by atoms with van der Waals surface area (Å²) >= 11 is 5.85. The number of hydrogen-bond acceptors (Lipinski definition) is 4. The molecule has 1 atom stereocenters. The van der Waals surface area contributed by atoms with Crippen molar-refractivity contribution in [2.24, 2.45) is 5.10 Å². The molecule has 1 amide bonds. The molecule has 0 aliphatic carbocycles. The van der Waals surface area contributed by atoms with Crippen LogP contribution in [-0.4, -0.2) is 18.2 Å². The van der Waals surface area contributed by atoms with Crippen molar-refractivity contribution in [1.82, 2.24) is 5.43 Å². The molecule has 0 saturated heterocycles. The Bertz CT molecular complexity index is 652. The van der Waals surface area contributed by atoms with E-state index in [2.05, 4.69) is 10.5 Å². The van der Waals surface area contributed by atoms with Crippen molar-refractivity contribution in [3.05, 3.63) is 52.9 Å². The number of hydrogen-bond donors (Lipinski definition) is 1. The van der Waals surface area contributed by atoms with E-state index < -0.39 is 6.10 Å². The molecule has 0 radical (unpaired) electrons. The fourth-order valence-electron chi connectivity index (χ4n) is 1.57. The van der Waals surface area contributed by atoms with E-state index in [1.165, 1.54) is 6.21 Å². The standard InChI is InChI=1S/C15H15ClN2O3/c1-10-6-7-14(20-10)9-17-18-15(19)11(2)21-13-5-3-4-12(16)8-13/h3-9,11H,1-2H3,(H,18,19)/b17-9+. The first kappa shape index (κ1) is 15.1. The quantitative estimate of drug-likeness (QED) is 0.681. The molecule has 1 aromatic carbocycles. The number of aryl methyl sites for hydroxylation is 1. The van der Waals surface area contributed by atoms with Crippen LogP contribution in [0.4, 0.5) is 0 Å². The second kappa shape index (κ2) is 6.95. The van der Waals surface area contributed by atoms with E-state index in [0.717, 1.165) is 5.76 Å². The van der Waals surface area contributed by atoms with E-state index in [-0.39, 0.29) is 5.91 Å². The molecule has 0 fully saturated rings. The zero-order valence-corrected chi connectivity index (χ0v) is 12.4. The van der Waals surface area contributed by atoms with E-state index in [0.29, 0.717) is 16.5 Å². The predicted molar refractivity (Wildman–Crippen MR) is 80.7 cm³/mol. The number of rotatable bonds is 5.